The van der Waals surface area contributed by atoms with E-state index in [1.165, 1.54) is 4.90 Å². The average molecular weight is 534 g/mol. The topological polar surface area (TPSA) is 79.4 Å². The summed E-state index contributed by atoms with van der Waals surface area (Å²) in [6.07, 6.45) is 0.493. The van der Waals surface area contributed by atoms with Gasteiger partial charge in [-0.2, -0.15) is 0 Å². The van der Waals surface area contributed by atoms with Gasteiger partial charge in [0.1, 0.15) is 0 Å². The van der Waals surface area contributed by atoms with Crippen LogP contribution in [-0.2, 0) is 6.42 Å². The first-order chi connectivity index (χ1) is 18.4. The molecule has 0 saturated carbocycles. The van der Waals surface area contributed by atoms with Crippen LogP contribution in [0, 0.1) is 0 Å². The van der Waals surface area contributed by atoms with Gasteiger partial charge in [-0.15, -0.1) is 0 Å². The van der Waals surface area contributed by atoms with Crippen molar-refractivity contribution in [2.45, 2.75) is 6.42 Å². The Morgan fingerprint density at radius 2 is 1.58 bits per heavy atom. The first-order valence-corrected chi connectivity index (χ1v) is 12.8. The number of ether oxygens (including phenoxy) is 2. The van der Waals surface area contributed by atoms with E-state index in [9.17, 15) is 14.4 Å². The van der Waals surface area contributed by atoms with Crippen LogP contribution >= 0.6 is 11.6 Å². The van der Waals surface area contributed by atoms with Crippen LogP contribution in [0.5, 0.6) is 11.5 Å². The Bertz CT molecular complexity index is 1380. The fraction of sp³-hybridized carbons (Fsp3) is 0.276. The highest BCUT2D eigenvalue weighted by molar-refractivity contribution is 6.30. The summed E-state index contributed by atoms with van der Waals surface area (Å²) >= 11 is 5.95. The molecular weight excluding hydrogens is 506 g/mol. The minimum Gasteiger partial charge on any atom is -0.493 e. The second-order valence-electron chi connectivity index (χ2n) is 9.19. The number of anilines is 1. The highest BCUT2D eigenvalue weighted by Crippen LogP contribution is 2.33. The van der Waals surface area contributed by atoms with E-state index in [-0.39, 0.29) is 24.3 Å². The van der Waals surface area contributed by atoms with E-state index in [4.69, 9.17) is 21.1 Å². The summed E-state index contributed by atoms with van der Waals surface area (Å²) in [6.45, 7) is 2.39. The van der Waals surface area contributed by atoms with Crippen LogP contribution in [0.15, 0.2) is 60.7 Å². The standard InChI is InChI=1S/C29H28ClN3O5/c1-37-24-11-6-19(18-25(24)38-2)12-13-33-28(35)22-4-3-5-23(26(22)29(33)36)31-14-16-32(17-15-31)27(34)20-7-9-21(30)10-8-20/h3-11,18H,12-17H2,1-2H3. The van der Waals surface area contributed by atoms with E-state index in [1.54, 1.807) is 49.5 Å². The van der Waals surface area contributed by atoms with Crippen LogP contribution in [0.3, 0.4) is 0 Å². The molecule has 5 rings (SSSR count). The first-order valence-electron chi connectivity index (χ1n) is 12.4. The highest BCUT2D eigenvalue weighted by Gasteiger charge is 2.38. The molecule has 196 valence electrons. The van der Waals surface area contributed by atoms with Crippen molar-refractivity contribution in [1.82, 2.24) is 9.80 Å². The zero-order valence-corrected chi connectivity index (χ0v) is 22.0. The molecular formula is C29H28ClN3O5. The molecule has 0 N–H and O–H groups in total. The van der Waals surface area contributed by atoms with Crippen molar-refractivity contribution in [1.29, 1.82) is 0 Å². The molecule has 3 aromatic rings. The van der Waals surface area contributed by atoms with Crippen LogP contribution in [-0.4, -0.2) is 74.5 Å². The molecule has 3 amide bonds. The van der Waals surface area contributed by atoms with Gasteiger partial charge in [-0.05, 0) is 60.5 Å². The quantitative estimate of drug-likeness (QED) is 0.424. The van der Waals surface area contributed by atoms with Crippen molar-refractivity contribution >= 4 is 35.0 Å². The van der Waals surface area contributed by atoms with Gasteiger partial charge < -0.3 is 19.3 Å². The number of fused-ring (bicyclic) bond motifs is 1. The SMILES string of the molecule is COc1ccc(CCN2C(=O)c3cccc(N4CCN(C(=O)c5ccc(Cl)cc5)CC4)c3C2=O)cc1OC. The number of methoxy groups -OCH3 is 2. The van der Waals surface area contributed by atoms with Crippen LogP contribution < -0.4 is 14.4 Å². The number of hydrogen-bond acceptors (Lipinski definition) is 6. The molecule has 0 atom stereocenters. The van der Waals surface area contributed by atoms with Crippen LogP contribution in [0.1, 0.15) is 36.6 Å². The first kappa shape index (κ1) is 25.6. The monoisotopic (exact) mass is 533 g/mol. The normalized spacial score (nSPS) is 15.1. The number of carbonyl (C=O) groups excluding carboxylic acids is 3. The minimum atomic E-state index is -0.291. The van der Waals surface area contributed by atoms with Crippen molar-refractivity contribution in [3.8, 4) is 11.5 Å². The molecule has 0 radical (unpaired) electrons. The third kappa shape index (κ3) is 4.79. The molecule has 0 aliphatic carbocycles. The summed E-state index contributed by atoms with van der Waals surface area (Å²) in [4.78, 5) is 44.7. The largest absolute Gasteiger partial charge is 0.493 e. The lowest BCUT2D eigenvalue weighted by Gasteiger charge is -2.36. The Balaban J connectivity index is 1.28. The molecule has 0 bridgehead atoms. The van der Waals surface area contributed by atoms with Crippen molar-refractivity contribution in [2.24, 2.45) is 0 Å². The lowest BCUT2D eigenvalue weighted by atomic mass is 10.1. The number of imide groups is 1. The van der Waals surface area contributed by atoms with Crippen LogP contribution in [0.4, 0.5) is 5.69 Å². The summed E-state index contributed by atoms with van der Waals surface area (Å²) in [7, 11) is 3.14. The van der Waals surface area contributed by atoms with Gasteiger partial charge in [-0.3, -0.25) is 19.3 Å². The Morgan fingerprint density at radius 1 is 0.868 bits per heavy atom. The lowest BCUT2D eigenvalue weighted by Crippen LogP contribution is -2.49. The van der Waals surface area contributed by atoms with Gasteiger partial charge in [0, 0.05) is 43.3 Å². The summed E-state index contributed by atoms with van der Waals surface area (Å²) in [5, 5.41) is 0.585. The third-order valence-corrected chi connectivity index (χ3v) is 7.30. The van der Waals surface area contributed by atoms with Crippen LogP contribution in [0.2, 0.25) is 5.02 Å². The Kier molecular flexibility index (Phi) is 7.24. The number of carbonyl (C=O) groups is 3. The van der Waals surface area contributed by atoms with Gasteiger partial charge in [0.15, 0.2) is 11.5 Å². The summed E-state index contributed by atoms with van der Waals surface area (Å²) < 4.78 is 10.7. The number of hydrogen-bond donors (Lipinski definition) is 0. The maximum atomic E-state index is 13.5. The highest BCUT2D eigenvalue weighted by atomic mass is 35.5. The molecule has 2 aliphatic heterocycles. The van der Waals surface area contributed by atoms with Crippen molar-refractivity contribution in [3.63, 3.8) is 0 Å². The maximum absolute atomic E-state index is 13.5. The van der Waals surface area contributed by atoms with Gasteiger partial charge in [0.25, 0.3) is 17.7 Å². The molecule has 9 heteroatoms. The molecule has 0 spiro atoms. The number of rotatable bonds is 7. The zero-order valence-electron chi connectivity index (χ0n) is 21.3. The fourth-order valence-corrected chi connectivity index (χ4v) is 5.11. The molecule has 8 nitrogen and oxygen atoms in total. The number of nitrogens with zero attached hydrogens (tertiary/aromatic N) is 3. The van der Waals surface area contributed by atoms with Crippen molar-refractivity contribution in [3.05, 3.63) is 87.9 Å². The molecule has 1 fully saturated rings. The molecule has 3 aromatic carbocycles. The lowest BCUT2D eigenvalue weighted by molar-refractivity contribution is 0.0654. The predicted octanol–water partition coefficient (Wildman–Crippen LogP) is 4.16. The van der Waals surface area contributed by atoms with Crippen LogP contribution in [0.25, 0.3) is 0 Å². The predicted molar refractivity (Wildman–Crippen MR) is 145 cm³/mol. The van der Waals surface area contributed by atoms with Gasteiger partial charge >= 0.3 is 0 Å². The second-order valence-corrected chi connectivity index (χ2v) is 9.62. The van der Waals surface area contributed by atoms with Crippen molar-refractivity contribution < 1.29 is 23.9 Å². The van der Waals surface area contributed by atoms with Gasteiger partial charge in [0.2, 0.25) is 0 Å². The summed E-state index contributed by atoms with van der Waals surface area (Å²) in [6, 6.07) is 17.8. The number of amides is 3. The number of benzene rings is 3. The van der Waals surface area contributed by atoms with E-state index in [0.717, 1.165) is 11.3 Å². The molecule has 0 aromatic heterocycles. The maximum Gasteiger partial charge on any atom is 0.263 e. The summed E-state index contributed by atoms with van der Waals surface area (Å²) in [5.41, 5.74) is 3.10. The smallest absolute Gasteiger partial charge is 0.263 e. The van der Waals surface area contributed by atoms with E-state index in [1.807, 2.05) is 30.3 Å². The fourth-order valence-electron chi connectivity index (χ4n) is 4.98. The molecule has 2 aliphatic rings. The van der Waals surface area contributed by atoms with Gasteiger partial charge in [-0.25, -0.2) is 0 Å². The minimum absolute atomic E-state index is 0.0489. The van der Waals surface area contributed by atoms with E-state index >= 15 is 0 Å². The Hall–Kier alpha value is -4.04. The Labute approximate surface area is 226 Å². The molecule has 38 heavy (non-hydrogen) atoms. The van der Waals surface area contributed by atoms with Crippen molar-refractivity contribution in [2.75, 3.05) is 51.8 Å². The van der Waals surface area contributed by atoms with Gasteiger partial charge in [-0.1, -0.05) is 23.7 Å². The number of halogens is 1. The molecule has 2 heterocycles. The summed E-state index contributed by atoms with van der Waals surface area (Å²) in [5.74, 6) is 0.594. The second kappa shape index (κ2) is 10.8. The molecule has 0 unspecified atom stereocenters. The zero-order chi connectivity index (χ0) is 26.8. The van der Waals surface area contributed by atoms with Gasteiger partial charge in [0.05, 0.1) is 31.0 Å². The van der Waals surface area contributed by atoms with E-state index < -0.39 is 0 Å². The third-order valence-electron chi connectivity index (χ3n) is 7.05. The molecule has 1 saturated heterocycles. The number of piperazine rings is 1. The van der Waals surface area contributed by atoms with E-state index in [2.05, 4.69) is 4.90 Å². The average Bonchev–Trinajstić information content (AvgIpc) is 3.20. The Morgan fingerprint density at radius 3 is 2.26 bits per heavy atom. The van der Waals surface area contributed by atoms with E-state index in [0.29, 0.717) is 65.8 Å².